The topological polar surface area (TPSA) is 72.3 Å². The average Bonchev–Trinajstić information content (AvgIpc) is 1.97. The number of hydrogen-bond donors (Lipinski definition) is 2. The van der Waals surface area contributed by atoms with Gasteiger partial charge >= 0.3 is 0 Å². The number of carbonyl (C=O) groups is 1. The second-order valence-corrected chi connectivity index (χ2v) is 3.52. The monoisotopic (exact) mass is 171 g/mol. The Balaban J connectivity index is 2.50. The third kappa shape index (κ3) is 2.19. The minimum Gasteiger partial charge on any atom is -0.370 e. The van der Waals surface area contributed by atoms with Crippen LogP contribution in [0.25, 0.3) is 0 Å². The van der Waals surface area contributed by atoms with E-state index in [2.05, 4.69) is 4.90 Å². The van der Waals surface area contributed by atoms with Gasteiger partial charge in [-0.1, -0.05) is 0 Å². The number of nitrogens with zero attached hydrogens (tertiary/aromatic N) is 1. The van der Waals surface area contributed by atoms with E-state index < -0.39 is 0 Å². The minimum absolute atomic E-state index is 0.108. The van der Waals surface area contributed by atoms with Gasteiger partial charge in [0.2, 0.25) is 5.91 Å². The highest BCUT2D eigenvalue weighted by Crippen LogP contribution is 2.16. The lowest BCUT2D eigenvalue weighted by Crippen LogP contribution is -2.51. The second-order valence-electron chi connectivity index (χ2n) is 3.52. The van der Waals surface area contributed by atoms with Crippen LogP contribution < -0.4 is 11.5 Å². The predicted octanol–water partition coefficient (Wildman–Crippen LogP) is -0.717. The minimum atomic E-state index is -0.260. The zero-order valence-electron chi connectivity index (χ0n) is 7.49. The summed E-state index contributed by atoms with van der Waals surface area (Å²) < 4.78 is 0. The molecule has 0 radical (unpaired) electrons. The molecule has 0 aromatic rings. The molecule has 1 aliphatic rings. The highest BCUT2D eigenvalue weighted by Gasteiger charge is 2.27. The second kappa shape index (κ2) is 3.87. The van der Waals surface area contributed by atoms with E-state index in [-0.39, 0.29) is 18.0 Å². The molecule has 0 aromatic carbocycles. The van der Waals surface area contributed by atoms with E-state index in [0.717, 1.165) is 19.4 Å². The van der Waals surface area contributed by atoms with Crippen molar-refractivity contribution in [2.45, 2.75) is 31.3 Å². The van der Waals surface area contributed by atoms with Crippen molar-refractivity contribution in [3.05, 3.63) is 0 Å². The Morgan fingerprint density at radius 3 is 2.83 bits per heavy atom. The molecule has 1 fully saturated rings. The van der Waals surface area contributed by atoms with E-state index in [0.29, 0.717) is 6.42 Å². The van der Waals surface area contributed by atoms with Gasteiger partial charge in [0.25, 0.3) is 0 Å². The average molecular weight is 171 g/mol. The third-order valence-electron chi connectivity index (χ3n) is 2.52. The molecule has 1 amide bonds. The number of amides is 1. The number of primary amides is 1. The van der Waals surface area contributed by atoms with Gasteiger partial charge in [-0.05, 0) is 26.4 Å². The van der Waals surface area contributed by atoms with Crippen molar-refractivity contribution in [2.75, 3.05) is 13.6 Å². The van der Waals surface area contributed by atoms with Crippen molar-refractivity contribution in [2.24, 2.45) is 11.5 Å². The molecule has 0 bridgehead atoms. The molecule has 4 heteroatoms. The zero-order valence-corrected chi connectivity index (χ0v) is 7.49. The largest absolute Gasteiger partial charge is 0.370 e. The Bertz CT molecular complexity index is 162. The molecule has 1 rings (SSSR count). The number of rotatable bonds is 2. The van der Waals surface area contributed by atoms with Crippen molar-refractivity contribution in [3.8, 4) is 0 Å². The molecule has 1 aliphatic heterocycles. The molecule has 0 aromatic heterocycles. The molecule has 4 nitrogen and oxygen atoms in total. The van der Waals surface area contributed by atoms with Crippen molar-refractivity contribution in [1.82, 2.24) is 4.90 Å². The third-order valence-corrected chi connectivity index (χ3v) is 2.52. The van der Waals surface area contributed by atoms with Crippen LogP contribution in [0.15, 0.2) is 0 Å². The van der Waals surface area contributed by atoms with E-state index in [1.807, 2.05) is 7.05 Å². The van der Waals surface area contributed by atoms with Crippen LogP contribution >= 0.6 is 0 Å². The summed E-state index contributed by atoms with van der Waals surface area (Å²) in [5.74, 6) is -0.260. The molecule has 70 valence electrons. The summed E-state index contributed by atoms with van der Waals surface area (Å²) in [7, 11) is 1.99. The van der Waals surface area contributed by atoms with Crippen molar-refractivity contribution in [3.63, 3.8) is 0 Å². The normalized spacial score (nSPS) is 31.8. The van der Waals surface area contributed by atoms with Crippen LogP contribution in [0.1, 0.15) is 19.3 Å². The fraction of sp³-hybridized carbons (Fsp3) is 0.875. The molecule has 4 N–H and O–H groups in total. The summed E-state index contributed by atoms with van der Waals surface area (Å²) in [6, 6.07) is 0.257. The van der Waals surface area contributed by atoms with Crippen molar-refractivity contribution >= 4 is 5.91 Å². The molecule has 12 heavy (non-hydrogen) atoms. The van der Waals surface area contributed by atoms with Crippen LogP contribution in [0, 0.1) is 0 Å². The Labute approximate surface area is 72.9 Å². The number of nitrogens with two attached hydrogens (primary N) is 2. The van der Waals surface area contributed by atoms with Crippen LogP contribution in [0.2, 0.25) is 0 Å². The van der Waals surface area contributed by atoms with Gasteiger partial charge in [-0.2, -0.15) is 0 Å². The maximum Gasteiger partial charge on any atom is 0.219 e. The number of piperidine rings is 1. The first-order chi connectivity index (χ1) is 5.61. The van der Waals surface area contributed by atoms with E-state index >= 15 is 0 Å². The first-order valence-corrected chi connectivity index (χ1v) is 4.35. The van der Waals surface area contributed by atoms with Crippen molar-refractivity contribution in [1.29, 1.82) is 0 Å². The Morgan fingerprint density at radius 2 is 2.33 bits per heavy atom. The number of likely N-dealkylation sites (tertiary alicyclic amines) is 1. The summed E-state index contributed by atoms with van der Waals surface area (Å²) in [5, 5.41) is 0. The van der Waals surface area contributed by atoms with E-state index in [1.165, 1.54) is 0 Å². The van der Waals surface area contributed by atoms with Gasteiger partial charge in [-0.3, -0.25) is 4.79 Å². The van der Waals surface area contributed by atoms with Gasteiger partial charge < -0.3 is 16.4 Å². The van der Waals surface area contributed by atoms with Gasteiger partial charge in [-0.25, -0.2) is 0 Å². The molecule has 2 atom stereocenters. The number of likely N-dealkylation sites (N-methyl/N-ethyl adjacent to an activating group) is 1. The van der Waals surface area contributed by atoms with Gasteiger partial charge in [0, 0.05) is 18.5 Å². The number of hydrogen-bond acceptors (Lipinski definition) is 3. The van der Waals surface area contributed by atoms with Gasteiger partial charge in [0.15, 0.2) is 0 Å². The SMILES string of the molecule is CN1CCCC(N)C1CC(N)=O. The summed E-state index contributed by atoms with van der Waals surface area (Å²) in [5.41, 5.74) is 11.0. The quantitative estimate of drug-likeness (QED) is 0.576. The van der Waals surface area contributed by atoms with E-state index in [1.54, 1.807) is 0 Å². The van der Waals surface area contributed by atoms with Crippen LogP contribution in [0.4, 0.5) is 0 Å². The van der Waals surface area contributed by atoms with Crippen LogP contribution in [0.3, 0.4) is 0 Å². The standard InChI is InChI=1S/C8H17N3O/c1-11-4-2-3-6(9)7(11)5-8(10)12/h6-7H,2-5,9H2,1H3,(H2,10,12). The van der Waals surface area contributed by atoms with E-state index in [4.69, 9.17) is 11.5 Å². The first kappa shape index (κ1) is 9.48. The molecular weight excluding hydrogens is 154 g/mol. The molecular formula is C8H17N3O. The Morgan fingerprint density at radius 1 is 1.67 bits per heavy atom. The smallest absolute Gasteiger partial charge is 0.219 e. The maximum atomic E-state index is 10.7. The first-order valence-electron chi connectivity index (χ1n) is 4.35. The Hall–Kier alpha value is -0.610. The molecule has 1 saturated heterocycles. The highest BCUT2D eigenvalue weighted by molar-refractivity contribution is 5.74. The lowest BCUT2D eigenvalue weighted by Gasteiger charge is -2.36. The molecule has 2 unspecified atom stereocenters. The van der Waals surface area contributed by atoms with Crippen LogP contribution in [-0.4, -0.2) is 36.5 Å². The molecule has 0 aliphatic carbocycles. The van der Waals surface area contributed by atoms with E-state index in [9.17, 15) is 4.79 Å². The van der Waals surface area contributed by atoms with Crippen LogP contribution in [-0.2, 0) is 4.79 Å². The van der Waals surface area contributed by atoms with Crippen LogP contribution in [0.5, 0.6) is 0 Å². The van der Waals surface area contributed by atoms with Gasteiger partial charge in [-0.15, -0.1) is 0 Å². The maximum absolute atomic E-state index is 10.7. The predicted molar refractivity (Wildman–Crippen MR) is 47.4 cm³/mol. The fourth-order valence-electron chi connectivity index (χ4n) is 1.77. The lowest BCUT2D eigenvalue weighted by molar-refractivity contribution is -0.119. The summed E-state index contributed by atoms with van der Waals surface area (Å²) in [6.07, 6.45) is 2.51. The molecule has 1 heterocycles. The molecule has 0 spiro atoms. The van der Waals surface area contributed by atoms with Gasteiger partial charge in [0.05, 0.1) is 0 Å². The Kier molecular flexibility index (Phi) is 3.05. The van der Waals surface area contributed by atoms with Crippen molar-refractivity contribution < 1.29 is 4.79 Å². The van der Waals surface area contributed by atoms with Gasteiger partial charge in [0.1, 0.15) is 0 Å². The number of carbonyl (C=O) groups excluding carboxylic acids is 1. The molecule has 0 saturated carbocycles. The summed E-state index contributed by atoms with van der Waals surface area (Å²) in [6.45, 7) is 1.02. The fourth-order valence-corrected chi connectivity index (χ4v) is 1.77. The highest BCUT2D eigenvalue weighted by atomic mass is 16.1. The summed E-state index contributed by atoms with van der Waals surface area (Å²) in [4.78, 5) is 12.8. The summed E-state index contributed by atoms with van der Waals surface area (Å²) >= 11 is 0. The lowest BCUT2D eigenvalue weighted by atomic mass is 9.95. The zero-order chi connectivity index (χ0) is 9.14.